The van der Waals surface area contributed by atoms with Crippen molar-refractivity contribution in [1.29, 1.82) is 0 Å². The summed E-state index contributed by atoms with van der Waals surface area (Å²) in [5.41, 5.74) is 0.375. The summed E-state index contributed by atoms with van der Waals surface area (Å²) in [4.78, 5) is 14.5. The Morgan fingerprint density at radius 2 is 2.19 bits per heavy atom. The molecule has 1 N–H and O–H groups in total. The second kappa shape index (κ2) is 3.67. The number of nitrogens with one attached hydrogen (secondary N) is 1. The number of thiophene rings is 1. The number of hydrogen-bond donors (Lipinski definition) is 1. The number of rotatable bonds is 2. The normalized spacial score (nSPS) is 26.9. The Morgan fingerprint density at radius 1 is 1.44 bits per heavy atom. The second-order valence-electron chi connectivity index (χ2n) is 5.14. The van der Waals surface area contributed by atoms with Crippen LogP contribution in [0, 0.1) is 18.3 Å². The molecule has 2 aliphatic rings. The zero-order valence-electron chi connectivity index (χ0n) is 9.58. The molecular weight excluding hydrogens is 218 g/mol. The molecule has 86 valence electrons. The van der Waals surface area contributed by atoms with Gasteiger partial charge in [-0.25, -0.2) is 0 Å². The molecule has 0 bridgehead atoms. The Kier molecular flexibility index (Phi) is 2.41. The molecule has 1 atom stereocenters. The van der Waals surface area contributed by atoms with E-state index in [2.05, 4.69) is 18.3 Å². The third kappa shape index (κ3) is 1.62. The van der Waals surface area contributed by atoms with Gasteiger partial charge in [0.2, 0.25) is 0 Å². The van der Waals surface area contributed by atoms with Crippen molar-refractivity contribution < 1.29 is 4.79 Å². The monoisotopic (exact) mass is 235 g/mol. The highest BCUT2D eigenvalue weighted by atomic mass is 32.1. The van der Waals surface area contributed by atoms with Gasteiger partial charge in [0.15, 0.2) is 5.78 Å². The molecule has 16 heavy (non-hydrogen) atoms. The summed E-state index contributed by atoms with van der Waals surface area (Å²) in [6.45, 7) is 4.25. The number of carbonyl (C=O) groups excluding carboxylic acids is 1. The fraction of sp³-hybridized carbons (Fsp3) is 0.615. The smallest absolute Gasteiger partial charge is 0.176 e. The Labute approximate surface area is 100 Å². The highest BCUT2D eigenvalue weighted by molar-refractivity contribution is 7.14. The van der Waals surface area contributed by atoms with Crippen LogP contribution in [0.2, 0.25) is 0 Å². The molecule has 1 unspecified atom stereocenters. The first-order valence-electron chi connectivity index (χ1n) is 6.03. The molecule has 2 nitrogen and oxygen atoms in total. The lowest BCUT2D eigenvalue weighted by Gasteiger charge is -2.22. The van der Waals surface area contributed by atoms with Crippen molar-refractivity contribution in [3.8, 4) is 0 Å². The number of piperidine rings is 1. The molecule has 1 saturated carbocycles. The van der Waals surface area contributed by atoms with Crippen LogP contribution < -0.4 is 5.32 Å². The van der Waals surface area contributed by atoms with E-state index in [1.165, 1.54) is 17.7 Å². The fourth-order valence-electron chi connectivity index (χ4n) is 2.93. The van der Waals surface area contributed by atoms with Gasteiger partial charge in [-0.3, -0.25) is 4.79 Å². The summed E-state index contributed by atoms with van der Waals surface area (Å²) >= 11 is 1.65. The quantitative estimate of drug-likeness (QED) is 0.798. The standard InChI is InChI=1S/C13H17NOS/c1-9-2-3-11(16-9)12(15)10-8-13(10)4-6-14-7-5-13/h2-3,10,14H,4-8H2,1H3. The molecule has 1 aliphatic carbocycles. The minimum atomic E-state index is 0.327. The van der Waals surface area contributed by atoms with E-state index in [0.29, 0.717) is 17.1 Å². The van der Waals surface area contributed by atoms with Gasteiger partial charge in [0.25, 0.3) is 0 Å². The van der Waals surface area contributed by atoms with E-state index in [1.807, 2.05) is 6.07 Å². The van der Waals surface area contributed by atoms with Gasteiger partial charge in [0, 0.05) is 10.8 Å². The van der Waals surface area contributed by atoms with Crippen molar-refractivity contribution in [2.75, 3.05) is 13.1 Å². The minimum Gasteiger partial charge on any atom is -0.317 e. The van der Waals surface area contributed by atoms with Gasteiger partial charge in [0.1, 0.15) is 0 Å². The summed E-state index contributed by atoms with van der Waals surface area (Å²) in [5, 5.41) is 3.38. The molecule has 1 saturated heterocycles. The summed E-state index contributed by atoms with van der Waals surface area (Å²) in [6.07, 6.45) is 3.51. The van der Waals surface area contributed by atoms with Gasteiger partial charge >= 0.3 is 0 Å². The number of aryl methyl sites for hydroxylation is 1. The van der Waals surface area contributed by atoms with E-state index in [9.17, 15) is 4.79 Å². The molecule has 2 fully saturated rings. The van der Waals surface area contributed by atoms with Crippen molar-refractivity contribution in [3.63, 3.8) is 0 Å². The highest BCUT2D eigenvalue weighted by Crippen LogP contribution is 2.59. The van der Waals surface area contributed by atoms with E-state index in [0.717, 1.165) is 24.4 Å². The average molecular weight is 235 g/mol. The van der Waals surface area contributed by atoms with Crippen molar-refractivity contribution in [3.05, 3.63) is 21.9 Å². The van der Waals surface area contributed by atoms with Crippen LogP contribution in [-0.4, -0.2) is 18.9 Å². The molecule has 0 radical (unpaired) electrons. The van der Waals surface area contributed by atoms with Crippen LogP contribution in [0.3, 0.4) is 0 Å². The van der Waals surface area contributed by atoms with Crippen LogP contribution in [0.1, 0.15) is 33.8 Å². The summed E-state index contributed by atoms with van der Waals surface area (Å²) in [5.74, 6) is 0.729. The predicted molar refractivity (Wildman–Crippen MR) is 66.0 cm³/mol. The van der Waals surface area contributed by atoms with Crippen molar-refractivity contribution >= 4 is 17.1 Å². The van der Waals surface area contributed by atoms with E-state index in [-0.39, 0.29) is 0 Å². The Morgan fingerprint density at radius 3 is 2.81 bits per heavy atom. The van der Waals surface area contributed by atoms with Crippen LogP contribution in [0.4, 0.5) is 0 Å². The lowest BCUT2D eigenvalue weighted by atomic mass is 9.90. The maximum atomic E-state index is 12.3. The average Bonchev–Trinajstić information content (AvgIpc) is 2.79. The molecule has 1 spiro atoms. The highest BCUT2D eigenvalue weighted by Gasteiger charge is 2.57. The first-order valence-corrected chi connectivity index (χ1v) is 6.84. The Hall–Kier alpha value is -0.670. The Balaban J connectivity index is 1.74. The number of hydrogen-bond acceptors (Lipinski definition) is 3. The van der Waals surface area contributed by atoms with Gasteiger partial charge in [0.05, 0.1) is 4.88 Å². The van der Waals surface area contributed by atoms with Crippen LogP contribution >= 0.6 is 11.3 Å². The number of carbonyl (C=O) groups is 1. The molecule has 1 aromatic rings. The zero-order chi connectivity index (χ0) is 11.2. The molecule has 1 aromatic heterocycles. The minimum absolute atomic E-state index is 0.327. The molecule has 0 aromatic carbocycles. The van der Waals surface area contributed by atoms with E-state index < -0.39 is 0 Å². The maximum Gasteiger partial charge on any atom is 0.176 e. The maximum absolute atomic E-state index is 12.3. The fourth-order valence-corrected chi connectivity index (χ4v) is 3.80. The van der Waals surface area contributed by atoms with Gasteiger partial charge in [-0.15, -0.1) is 11.3 Å². The lowest BCUT2D eigenvalue weighted by molar-refractivity contribution is 0.0945. The second-order valence-corrected chi connectivity index (χ2v) is 6.43. The molecule has 3 rings (SSSR count). The van der Waals surface area contributed by atoms with Crippen LogP contribution in [-0.2, 0) is 0 Å². The van der Waals surface area contributed by atoms with Crippen molar-refractivity contribution in [2.45, 2.75) is 26.2 Å². The molecule has 2 heterocycles. The van der Waals surface area contributed by atoms with E-state index >= 15 is 0 Å². The molecule has 3 heteroatoms. The predicted octanol–water partition coefficient (Wildman–Crippen LogP) is 2.63. The van der Waals surface area contributed by atoms with E-state index in [4.69, 9.17) is 0 Å². The topological polar surface area (TPSA) is 29.1 Å². The third-order valence-electron chi connectivity index (χ3n) is 4.09. The van der Waals surface area contributed by atoms with Crippen molar-refractivity contribution in [1.82, 2.24) is 5.32 Å². The Bertz CT molecular complexity index is 417. The third-order valence-corrected chi connectivity index (χ3v) is 5.10. The van der Waals surface area contributed by atoms with Crippen LogP contribution in [0.5, 0.6) is 0 Å². The van der Waals surface area contributed by atoms with Gasteiger partial charge in [-0.2, -0.15) is 0 Å². The van der Waals surface area contributed by atoms with Crippen LogP contribution in [0.25, 0.3) is 0 Å². The first kappa shape index (κ1) is 10.5. The van der Waals surface area contributed by atoms with Gasteiger partial charge in [-0.1, -0.05) is 0 Å². The number of Topliss-reactive ketones (excluding diaryl/α,β-unsaturated/α-hetero) is 1. The summed E-state index contributed by atoms with van der Waals surface area (Å²) in [6, 6.07) is 4.05. The zero-order valence-corrected chi connectivity index (χ0v) is 10.4. The number of ketones is 1. The summed E-state index contributed by atoms with van der Waals surface area (Å²) < 4.78 is 0. The van der Waals surface area contributed by atoms with Gasteiger partial charge < -0.3 is 5.32 Å². The van der Waals surface area contributed by atoms with E-state index in [1.54, 1.807) is 11.3 Å². The van der Waals surface area contributed by atoms with Crippen molar-refractivity contribution in [2.24, 2.45) is 11.3 Å². The SMILES string of the molecule is Cc1ccc(C(=O)C2CC23CCNCC3)s1. The lowest BCUT2D eigenvalue weighted by Crippen LogP contribution is -2.30. The van der Waals surface area contributed by atoms with Gasteiger partial charge in [-0.05, 0) is 56.8 Å². The molecule has 0 amide bonds. The van der Waals surface area contributed by atoms with Crippen LogP contribution in [0.15, 0.2) is 12.1 Å². The summed E-state index contributed by atoms with van der Waals surface area (Å²) in [7, 11) is 0. The first-order chi connectivity index (χ1) is 7.71. The largest absolute Gasteiger partial charge is 0.317 e. The molecular formula is C13H17NOS. The molecule has 1 aliphatic heterocycles.